The molecular formula is C35H60O6. The van der Waals surface area contributed by atoms with E-state index in [2.05, 4.69) is 47.6 Å². The van der Waals surface area contributed by atoms with Gasteiger partial charge >= 0.3 is 0 Å². The molecule has 3 saturated carbocycles. The summed E-state index contributed by atoms with van der Waals surface area (Å²) in [5.41, 5.74) is 2.35. The van der Waals surface area contributed by atoms with Gasteiger partial charge in [0.2, 0.25) is 0 Å². The molecular weight excluding hydrogens is 516 g/mol. The maximum absolute atomic E-state index is 10.5. The van der Waals surface area contributed by atoms with Gasteiger partial charge in [-0.25, -0.2) is 0 Å². The SMILES string of the molecule is CC[C@@H](CC[C@@H](C)[C@H]1CC[C@@]2(C)[C@@H]3CC=C4C[C@@H](O[C@@H]5O[C@H](CO)[C@@H](O)[C@H](O)[C@H]5O)CC[C@H]4[C@H]3CC[C@]12C)C(C)C. The molecule has 14 atom stereocenters. The summed E-state index contributed by atoms with van der Waals surface area (Å²) in [6.07, 6.45) is 9.94. The highest BCUT2D eigenvalue weighted by atomic mass is 16.7. The molecule has 5 rings (SSSR count). The molecule has 4 aliphatic carbocycles. The molecule has 6 nitrogen and oxygen atoms in total. The van der Waals surface area contributed by atoms with Crippen LogP contribution in [0.1, 0.15) is 112 Å². The van der Waals surface area contributed by atoms with E-state index in [4.69, 9.17) is 9.47 Å². The van der Waals surface area contributed by atoms with E-state index in [0.29, 0.717) is 16.7 Å². The molecule has 0 bridgehead atoms. The van der Waals surface area contributed by atoms with Crippen LogP contribution < -0.4 is 0 Å². The van der Waals surface area contributed by atoms with Crippen LogP contribution in [0.4, 0.5) is 0 Å². The fraction of sp³-hybridized carbons (Fsp3) is 0.943. The van der Waals surface area contributed by atoms with E-state index in [0.717, 1.165) is 54.8 Å². The summed E-state index contributed by atoms with van der Waals surface area (Å²) in [6, 6.07) is 0. The van der Waals surface area contributed by atoms with E-state index in [-0.39, 0.29) is 6.10 Å². The van der Waals surface area contributed by atoms with Gasteiger partial charge in [-0.1, -0.05) is 66.0 Å². The Morgan fingerprint density at radius 2 is 1.68 bits per heavy atom. The molecule has 1 saturated heterocycles. The Kier molecular flexibility index (Phi) is 9.71. The summed E-state index contributed by atoms with van der Waals surface area (Å²) in [5.74, 6) is 5.41. The number of rotatable bonds is 9. The van der Waals surface area contributed by atoms with Gasteiger partial charge in [0, 0.05) is 0 Å². The lowest BCUT2D eigenvalue weighted by molar-refractivity contribution is -0.312. The zero-order valence-electron chi connectivity index (χ0n) is 26.7. The third-order valence-corrected chi connectivity index (χ3v) is 13.6. The lowest BCUT2D eigenvalue weighted by atomic mass is 9.45. The Balaban J connectivity index is 1.23. The van der Waals surface area contributed by atoms with Crippen molar-refractivity contribution < 1.29 is 29.9 Å². The second-order valence-corrected chi connectivity index (χ2v) is 15.6. The van der Waals surface area contributed by atoms with Gasteiger partial charge in [-0.15, -0.1) is 0 Å². The normalized spacial score (nSPS) is 47.7. The van der Waals surface area contributed by atoms with Crippen LogP contribution in [0.2, 0.25) is 0 Å². The highest BCUT2D eigenvalue weighted by Gasteiger charge is 2.63. The second-order valence-electron chi connectivity index (χ2n) is 15.6. The highest BCUT2D eigenvalue weighted by Crippen LogP contribution is 2.71. The molecule has 0 unspecified atom stereocenters. The van der Waals surface area contributed by atoms with Crippen molar-refractivity contribution in [1.29, 1.82) is 0 Å². The summed E-state index contributed by atoms with van der Waals surface area (Å²) in [7, 11) is 0. The van der Waals surface area contributed by atoms with E-state index in [1.807, 2.05) is 0 Å². The minimum Gasteiger partial charge on any atom is -0.394 e. The van der Waals surface area contributed by atoms with Crippen molar-refractivity contribution in [2.75, 3.05) is 6.61 Å². The Bertz CT molecular complexity index is 918. The van der Waals surface area contributed by atoms with Gasteiger partial charge in [0.25, 0.3) is 0 Å². The van der Waals surface area contributed by atoms with Gasteiger partial charge in [0.05, 0.1) is 12.7 Å². The van der Waals surface area contributed by atoms with Gasteiger partial charge in [-0.3, -0.25) is 0 Å². The summed E-state index contributed by atoms with van der Waals surface area (Å²) in [4.78, 5) is 0. The van der Waals surface area contributed by atoms with Crippen molar-refractivity contribution >= 4 is 0 Å². The van der Waals surface area contributed by atoms with E-state index in [1.54, 1.807) is 0 Å². The number of fused-ring (bicyclic) bond motifs is 5. The Labute approximate surface area is 249 Å². The van der Waals surface area contributed by atoms with E-state index in [1.165, 1.54) is 56.9 Å². The first-order chi connectivity index (χ1) is 19.4. The van der Waals surface area contributed by atoms with Crippen LogP contribution >= 0.6 is 0 Å². The van der Waals surface area contributed by atoms with Gasteiger partial charge < -0.3 is 29.9 Å². The number of ether oxygens (including phenoxy) is 2. The van der Waals surface area contributed by atoms with Crippen LogP contribution in [0.5, 0.6) is 0 Å². The lowest BCUT2D eigenvalue weighted by Crippen LogP contribution is -2.59. The molecule has 0 radical (unpaired) electrons. The average molecular weight is 577 g/mol. The number of allylic oxidation sites excluding steroid dienone is 1. The second kappa shape index (κ2) is 12.5. The molecule has 4 fully saturated rings. The minimum atomic E-state index is -1.39. The van der Waals surface area contributed by atoms with Crippen LogP contribution in [0, 0.1) is 52.3 Å². The molecule has 4 N–H and O–H groups in total. The molecule has 41 heavy (non-hydrogen) atoms. The molecule has 236 valence electrons. The number of hydrogen-bond acceptors (Lipinski definition) is 6. The van der Waals surface area contributed by atoms with E-state index in [9.17, 15) is 20.4 Å². The van der Waals surface area contributed by atoms with Gasteiger partial charge in [-0.2, -0.15) is 0 Å². The first-order valence-corrected chi connectivity index (χ1v) is 17.1. The highest BCUT2D eigenvalue weighted by molar-refractivity contribution is 5.22. The molecule has 5 aliphatic rings. The predicted octanol–water partition coefficient (Wildman–Crippen LogP) is 5.85. The van der Waals surface area contributed by atoms with Crippen molar-refractivity contribution in [2.24, 2.45) is 52.3 Å². The standard InChI is InChI=1S/C35H60O6/c1-7-22(20(2)3)9-8-21(4)27-15-17-35(6)28-13-10-23-18-24(11-12-25(23)26(28)14-16-34(27,35)5)40-33-32(39)31(38)30(37)29(19-36)41-33/h10,20-22,24-33,36-39H,7-9,11-19H2,1-6H3/t21-,22+,24+,25-,26-,27-,28-,29-,30-,31+,32-,33-,34-,35+/m1/s1. The summed E-state index contributed by atoms with van der Waals surface area (Å²) >= 11 is 0. The molecule has 0 aromatic carbocycles. The quantitative estimate of drug-likeness (QED) is 0.257. The number of aliphatic hydroxyl groups excluding tert-OH is 4. The molecule has 0 aromatic heterocycles. The third-order valence-electron chi connectivity index (χ3n) is 13.6. The van der Waals surface area contributed by atoms with Crippen LogP contribution in [0.15, 0.2) is 11.6 Å². The fourth-order valence-corrected chi connectivity index (χ4v) is 10.8. The van der Waals surface area contributed by atoms with Crippen molar-refractivity contribution in [2.45, 2.75) is 149 Å². The topological polar surface area (TPSA) is 99.4 Å². The Morgan fingerprint density at radius 3 is 2.37 bits per heavy atom. The molecule has 1 aliphatic heterocycles. The minimum absolute atomic E-state index is 0.0885. The Morgan fingerprint density at radius 1 is 0.951 bits per heavy atom. The first kappa shape index (κ1) is 31.9. The van der Waals surface area contributed by atoms with Gasteiger partial charge in [0.15, 0.2) is 6.29 Å². The monoisotopic (exact) mass is 576 g/mol. The third kappa shape index (κ3) is 5.61. The predicted molar refractivity (Wildman–Crippen MR) is 161 cm³/mol. The molecule has 0 amide bonds. The van der Waals surface area contributed by atoms with Crippen LogP contribution in [-0.4, -0.2) is 63.8 Å². The average Bonchev–Trinajstić information content (AvgIpc) is 3.24. The maximum Gasteiger partial charge on any atom is 0.186 e. The van der Waals surface area contributed by atoms with Gasteiger partial charge in [0.1, 0.15) is 24.4 Å². The largest absolute Gasteiger partial charge is 0.394 e. The van der Waals surface area contributed by atoms with Crippen molar-refractivity contribution in [3.8, 4) is 0 Å². The smallest absolute Gasteiger partial charge is 0.186 e. The number of aliphatic hydroxyl groups is 4. The molecule has 0 aromatic rings. The maximum atomic E-state index is 10.5. The molecule has 6 heteroatoms. The van der Waals surface area contributed by atoms with Crippen molar-refractivity contribution in [3.05, 3.63) is 11.6 Å². The number of hydrogen-bond donors (Lipinski definition) is 4. The van der Waals surface area contributed by atoms with E-state index < -0.39 is 37.3 Å². The van der Waals surface area contributed by atoms with Gasteiger partial charge in [-0.05, 0) is 110 Å². The van der Waals surface area contributed by atoms with Crippen molar-refractivity contribution in [1.82, 2.24) is 0 Å². The zero-order valence-corrected chi connectivity index (χ0v) is 26.7. The lowest BCUT2D eigenvalue weighted by Gasteiger charge is -2.60. The fourth-order valence-electron chi connectivity index (χ4n) is 10.8. The van der Waals surface area contributed by atoms with Crippen LogP contribution in [0.3, 0.4) is 0 Å². The van der Waals surface area contributed by atoms with Crippen LogP contribution in [-0.2, 0) is 9.47 Å². The summed E-state index contributed by atoms with van der Waals surface area (Å²) in [6.45, 7) is 14.6. The first-order valence-electron chi connectivity index (χ1n) is 17.1. The zero-order chi connectivity index (χ0) is 29.7. The van der Waals surface area contributed by atoms with Crippen molar-refractivity contribution in [3.63, 3.8) is 0 Å². The van der Waals surface area contributed by atoms with Crippen LogP contribution in [0.25, 0.3) is 0 Å². The molecule has 1 heterocycles. The summed E-state index contributed by atoms with van der Waals surface area (Å²) < 4.78 is 11.8. The van der Waals surface area contributed by atoms with E-state index >= 15 is 0 Å². The summed E-state index contributed by atoms with van der Waals surface area (Å²) in [5, 5.41) is 40.3. The Hall–Kier alpha value is -0.500. The molecule has 0 spiro atoms.